The van der Waals surface area contributed by atoms with E-state index >= 15 is 4.39 Å². The van der Waals surface area contributed by atoms with Gasteiger partial charge in [-0.25, -0.2) is 18.7 Å². The lowest BCUT2D eigenvalue weighted by Crippen LogP contribution is -2.37. The zero-order valence-corrected chi connectivity index (χ0v) is 19.2. The molecule has 0 bridgehead atoms. The maximum Gasteiger partial charge on any atom is 0.332 e. The molecule has 4 atom stereocenters. The molecular formula is C22H24FN5O7. The molecule has 1 fully saturated rings. The first-order chi connectivity index (χ1) is 16.7. The highest BCUT2D eigenvalue weighted by Gasteiger charge is 2.51. The van der Waals surface area contributed by atoms with E-state index in [0.29, 0.717) is 5.75 Å². The normalized spacial score (nSPS) is 21.7. The van der Waals surface area contributed by atoms with Gasteiger partial charge in [0, 0.05) is 13.3 Å². The molecule has 1 aromatic carbocycles. The molecule has 186 valence electrons. The van der Waals surface area contributed by atoms with Crippen LogP contribution in [0.4, 0.5) is 10.3 Å². The predicted octanol–water partition coefficient (Wildman–Crippen LogP) is 1.31. The lowest BCUT2D eigenvalue weighted by Gasteiger charge is -2.19. The maximum absolute atomic E-state index is 15.2. The summed E-state index contributed by atoms with van der Waals surface area (Å²) in [7, 11) is 1.54. The number of carbonyl (C=O) groups excluding carboxylic acids is 2. The van der Waals surface area contributed by atoms with Gasteiger partial charge in [-0.05, 0) is 17.7 Å². The number of ether oxygens (including phenoxy) is 4. The molecular weight excluding hydrogens is 465 g/mol. The van der Waals surface area contributed by atoms with E-state index in [2.05, 4.69) is 9.97 Å². The third-order valence-electron chi connectivity index (χ3n) is 5.45. The minimum atomic E-state index is -2.05. The molecule has 1 aliphatic rings. The molecule has 0 amide bonds. The van der Waals surface area contributed by atoms with Crippen LogP contribution in [0.5, 0.6) is 5.75 Å². The summed E-state index contributed by atoms with van der Waals surface area (Å²) in [6.45, 7) is 2.73. The third-order valence-corrected chi connectivity index (χ3v) is 5.45. The van der Waals surface area contributed by atoms with Gasteiger partial charge in [0.2, 0.25) is 18.4 Å². The Morgan fingerprint density at radius 1 is 1.23 bits per heavy atom. The van der Waals surface area contributed by atoms with Gasteiger partial charge in [0.25, 0.3) is 0 Å². The SMILES string of the molecule is CCC(=O)O[C@H]1O[C@@H](n2c(=O)n(Cc3ccc(OC)cc3)c3cnc(N)nc32)[C@H](OC(C)=O)[C@H]1F. The number of methoxy groups -OCH3 is 1. The Balaban J connectivity index is 1.81. The second kappa shape index (κ2) is 9.70. The molecule has 12 nitrogen and oxygen atoms in total. The number of rotatable bonds is 7. The number of hydrogen-bond acceptors (Lipinski definition) is 10. The minimum Gasteiger partial charge on any atom is -0.497 e. The fourth-order valence-corrected chi connectivity index (χ4v) is 3.80. The van der Waals surface area contributed by atoms with Crippen LogP contribution in [-0.4, -0.2) is 56.7 Å². The van der Waals surface area contributed by atoms with Crippen LogP contribution in [0, 0.1) is 0 Å². The first-order valence-electron chi connectivity index (χ1n) is 10.8. The van der Waals surface area contributed by atoms with Gasteiger partial charge < -0.3 is 24.7 Å². The number of nitrogens with two attached hydrogens (primary N) is 1. The average molecular weight is 489 g/mol. The summed E-state index contributed by atoms with van der Waals surface area (Å²) in [5.74, 6) is -1.02. The summed E-state index contributed by atoms with van der Waals surface area (Å²) in [6, 6.07) is 7.03. The molecule has 1 aliphatic heterocycles. The van der Waals surface area contributed by atoms with Gasteiger partial charge in [-0.3, -0.25) is 14.2 Å². The molecule has 0 saturated carbocycles. The van der Waals surface area contributed by atoms with E-state index in [1.807, 2.05) is 0 Å². The number of nitrogens with zero attached hydrogens (tertiary/aromatic N) is 4. The number of hydrogen-bond donors (Lipinski definition) is 1. The van der Waals surface area contributed by atoms with E-state index in [9.17, 15) is 14.4 Å². The average Bonchev–Trinajstić information content (AvgIpc) is 3.26. The molecule has 1 saturated heterocycles. The van der Waals surface area contributed by atoms with Crippen LogP contribution < -0.4 is 16.2 Å². The number of imidazole rings is 1. The first kappa shape index (κ1) is 24.1. The molecule has 13 heteroatoms. The van der Waals surface area contributed by atoms with E-state index in [-0.39, 0.29) is 30.1 Å². The Hall–Kier alpha value is -4.00. The fourth-order valence-electron chi connectivity index (χ4n) is 3.80. The molecule has 0 aliphatic carbocycles. The monoisotopic (exact) mass is 489 g/mol. The van der Waals surface area contributed by atoms with Gasteiger partial charge in [-0.1, -0.05) is 19.1 Å². The van der Waals surface area contributed by atoms with Crippen LogP contribution in [0.3, 0.4) is 0 Å². The van der Waals surface area contributed by atoms with E-state index in [0.717, 1.165) is 17.1 Å². The van der Waals surface area contributed by atoms with E-state index in [1.54, 1.807) is 31.4 Å². The van der Waals surface area contributed by atoms with Crippen LogP contribution in [-0.2, 0) is 30.3 Å². The number of alkyl halides is 1. The topological polar surface area (TPSA) is 150 Å². The van der Waals surface area contributed by atoms with Crippen molar-refractivity contribution in [2.24, 2.45) is 0 Å². The van der Waals surface area contributed by atoms with Gasteiger partial charge in [0.05, 0.1) is 19.9 Å². The summed E-state index contributed by atoms with van der Waals surface area (Å²) in [6.07, 6.45) is -5.48. The number of aromatic nitrogens is 4. The van der Waals surface area contributed by atoms with Crippen LogP contribution in [0.25, 0.3) is 11.2 Å². The molecule has 4 rings (SSSR count). The number of benzene rings is 1. The van der Waals surface area contributed by atoms with Gasteiger partial charge >= 0.3 is 17.6 Å². The maximum atomic E-state index is 15.2. The van der Waals surface area contributed by atoms with Crippen LogP contribution in [0.2, 0.25) is 0 Å². The van der Waals surface area contributed by atoms with Gasteiger partial charge in [0.15, 0.2) is 18.0 Å². The van der Waals surface area contributed by atoms with Crippen molar-refractivity contribution in [3.05, 3.63) is 46.5 Å². The molecule has 2 N–H and O–H groups in total. The van der Waals surface area contributed by atoms with Crippen LogP contribution in [0.15, 0.2) is 35.3 Å². The summed E-state index contributed by atoms with van der Waals surface area (Å²) < 4.78 is 38.5. The number of esters is 2. The lowest BCUT2D eigenvalue weighted by molar-refractivity contribution is -0.188. The van der Waals surface area contributed by atoms with Crippen LogP contribution in [0.1, 0.15) is 32.1 Å². The largest absolute Gasteiger partial charge is 0.497 e. The molecule has 0 spiro atoms. The highest BCUT2D eigenvalue weighted by atomic mass is 19.1. The van der Waals surface area contributed by atoms with E-state index < -0.39 is 42.4 Å². The summed E-state index contributed by atoms with van der Waals surface area (Å²) in [4.78, 5) is 45.2. The fraction of sp³-hybridized carbons (Fsp3) is 0.409. The Labute approximate surface area is 198 Å². The minimum absolute atomic E-state index is 0.0274. The van der Waals surface area contributed by atoms with E-state index in [1.165, 1.54) is 17.7 Å². The molecule has 0 radical (unpaired) electrons. The number of anilines is 1. The van der Waals surface area contributed by atoms with Crippen molar-refractivity contribution in [1.82, 2.24) is 19.1 Å². The predicted molar refractivity (Wildman–Crippen MR) is 119 cm³/mol. The Bertz CT molecular complexity index is 1310. The second-order valence-electron chi connectivity index (χ2n) is 7.78. The number of nitrogen functional groups attached to an aromatic ring is 1. The smallest absolute Gasteiger partial charge is 0.332 e. The van der Waals surface area contributed by atoms with Crippen molar-refractivity contribution in [3.63, 3.8) is 0 Å². The van der Waals surface area contributed by atoms with Crippen molar-refractivity contribution in [1.29, 1.82) is 0 Å². The zero-order chi connectivity index (χ0) is 25.3. The number of carbonyl (C=O) groups is 2. The summed E-state index contributed by atoms with van der Waals surface area (Å²) >= 11 is 0. The number of halogens is 1. The zero-order valence-electron chi connectivity index (χ0n) is 19.2. The molecule has 35 heavy (non-hydrogen) atoms. The van der Waals surface area contributed by atoms with Gasteiger partial charge in [-0.15, -0.1) is 0 Å². The molecule has 3 aromatic rings. The Morgan fingerprint density at radius 3 is 2.57 bits per heavy atom. The van der Waals surface area contributed by atoms with Crippen molar-refractivity contribution >= 4 is 29.1 Å². The van der Waals surface area contributed by atoms with Crippen molar-refractivity contribution in [3.8, 4) is 5.75 Å². The number of fused-ring (bicyclic) bond motifs is 1. The highest BCUT2D eigenvalue weighted by molar-refractivity contribution is 5.72. The van der Waals surface area contributed by atoms with Crippen molar-refractivity contribution in [2.45, 2.75) is 51.6 Å². The molecule has 0 unspecified atom stereocenters. The molecule has 2 aromatic heterocycles. The Kier molecular flexibility index (Phi) is 6.69. The highest BCUT2D eigenvalue weighted by Crippen LogP contribution is 2.35. The molecule has 3 heterocycles. The van der Waals surface area contributed by atoms with Gasteiger partial charge in [-0.2, -0.15) is 4.98 Å². The van der Waals surface area contributed by atoms with Gasteiger partial charge in [0.1, 0.15) is 11.3 Å². The van der Waals surface area contributed by atoms with Crippen LogP contribution >= 0.6 is 0 Å². The lowest BCUT2D eigenvalue weighted by atomic mass is 10.2. The quantitative estimate of drug-likeness (QED) is 0.481. The van der Waals surface area contributed by atoms with Crippen molar-refractivity contribution < 1.29 is 32.9 Å². The Morgan fingerprint density at radius 2 is 1.94 bits per heavy atom. The second-order valence-corrected chi connectivity index (χ2v) is 7.78. The standard InChI is InChI=1S/C22H24FN5O7/c1-4-15(30)34-20-16(23)17(33-11(2)29)19(35-20)28-18-14(9-25-21(24)26-18)27(22(28)31)10-12-5-7-13(32-3)8-6-12/h5-9,16-17,19-20H,4,10H2,1-3H3,(H2,24,25,26)/t16-,17-,19-,20+/m1/s1. The van der Waals surface area contributed by atoms with Crippen molar-refractivity contribution in [2.75, 3.05) is 12.8 Å². The summed E-state index contributed by atoms with van der Waals surface area (Å²) in [5, 5.41) is 0. The third kappa shape index (κ3) is 4.67. The first-order valence-corrected chi connectivity index (χ1v) is 10.8. The summed E-state index contributed by atoms with van der Waals surface area (Å²) in [5.41, 5.74) is 6.19. The van der Waals surface area contributed by atoms with E-state index in [4.69, 9.17) is 24.7 Å².